The van der Waals surface area contributed by atoms with Crippen molar-refractivity contribution < 1.29 is 60.9 Å². The van der Waals surface area contributed by atoms with E-state index in [2.05, 4.69) is 37.7 Å². The smallest absolute Gasteiger partial charge is 0.416 e. The fourth-order valence-corrected chi connectivity index (χ4v) is 9.30. The molecule has 3 aliphatic rings. The van der Waals surface area contributed by atoms with E-state index in [1.54, 1.807) is 52.9 Å². The fourth-order valence-electron chi connectivity index (χ4n) is 9.06. The molecule has 5 heterocycles. The van der Waals surface area contributed by atoms with E-state index >= 15 is 0 Å². The van der Waals surface area contributed by atoms with Gasteiger partial charge in [0.1, 0.15) is 23.2 Å². The van der Waals surface area contributed by atoms with Gasteiger partial charge in [0.15, 0.2) is 5.65 Å². The molecule has 0 bridgehead atoms. The third-order valence-corrected chi connectivity index (χ3v) is 13.1. The first-order chi connectivity index (χ1) is 36.8. The topological polar surface area (TPSA) is 215 Å². The molecule has 0 spiro atoms. The molecular formula is C54H57ClF3N9O10. The summed E-state index contributed by atoms with van der Waals surface area (Å²) in [5.74, 6) is 3.97. The highest BCUT2D eigenvalue weighted by Gasteiger charge is 2.45. The highest BCUT2D eigenvalue weighted by atomic mass is 35.5. The Balaban J connectivity index is 0.775. The number of hydrogen-bond donors (Lipinski definition) is 3. The van der Waals surface area contributed by atoms with Crippen LogP contribution in [0.4, 0.5) is 35.2 Å². The maximum absolute atomic E-state index is 13.5. The molecule has 6 amide bonds. The van der Waals surface area contributed by atoms with Crippen molar-refractivity contribution in [3.63, 3.8) is 0 Å². The van der Waals surface area contributed by atoms with E-state index in [0.717, 1.165) is 17.0 Å². The van der Waals surface area contributed by atoms with Gasteiger partial charge in [-0.25, -0.2) is 14.3 Å². The van der Waals surface area contributed by atoms with Gasteiger partial charge in [0.2, 0.25) is 11.8 Å². The molecule has 406 valence electrons. The molecular weight excluding hydrogens is 1030 g/mol. The summed E-state index contributed by atoms with van der Waals surface area (Å²) < 4.78 is 64.9. The van der Waals surface area contributed by atoms with E-state index in [1.165, 1.54) is 12.1 Å². The van der Waals surface area contributed by atoms with Crippen molar-refractivity contribution in [1.82, 2.24) is 29.7 Å². The number of piperidine rings is 2. The predicted octanol–water partition coefficient (Wildman–Crippen LogP) is 7.13. The molecule has 2 saturated heterocycles. The van der Waals surface area contributed by atoms with Crippen molar-refractivity contribution in [2.45, 2.75) is 77.2 Å². The second-order valence-electron chi connectivity index (χ2n) is 19.3. The second-order valence-corrected chi connectivity index (χ2v) is 19.8. The minimum absolute atomic E-state index is 0.0339. The van der Waals surface area contributed by atoms with E-state index < -0.39 is 59.0 Å². The van der Waals surface area contributed by atoms with Crippen molar-refractivity contribution in [2.24, 2.45) is 0 Å². The van der Waals surface area contributed by atoms with Crippen LogP contribution < -0.4 is 20.9 Å². The van der Waals surface area contributed by atoms with Crippen LogP contribution in [0.5, 0.6) is 0 Å². The van der Waals surface area contributed by atoms with Crippen LogP contribution in [-0.4, -0.2) is 144 Å². The Hall–Kier alpha value is -7.58. The number of imide groups is 2. The fraction of sp³-hybridized carbons (Fsp3) is 0.407. The van der Waals surface area contributed by atoms with E-state index in [1.807, 2.05) is 32.9 Å². The number of anilines is 3. The largest absolute Gasteiger partial charge is 0.444 e. The highest BCUT2D eigenvalue weighted by molar-refractivity contribution is 6.31. The number of amides is 6. The number of nitrogens with zero attached hydrogens (tertiary/aromatic N) is 6. The molecule has 3 N–H and O–H groups in total. The minimum atomic E-state index is -4.65. The van der Waals surface area contributed by atoms with E-state index in [-0.39, 0.29) is 72.7 Å². The summed E-state index contributed by atoms with van der Waals surface area (Å²) in [5.41, 5.74) is 1.31. The lowest BCUT2D eigenvalue weighted by Crippen LogP contribution is -2.54. The summed E-state index contributed by atoms with van der Waals surface area (Å²) in [6, 6.07) is 15.2. The molecule has 0 radical (unpaired) electrons. The lowest BCUT2D eigenvalue weighted by molar-refractivity contribution is -0.138. The van der Waals surface area contributed by atoms with Crippen LogP contribution in [-0.2, 0) is 34.7 Å². The van der Waals surface area contributed by atoms with Crippen LogP contribution in [0.1, 0.15) is 99.9 Å². The molecule has 23 heteroatoms. The number of fused-ring (bicyclic) bond motifs is 2. The van der Waals surface area contributed by atoms with Crippen molar-refractivity contribution in [3.05, 3.63) is 117 Å². The van der Waals surface area contributed by atoms with Crippen LogP contribution in [0.15, 0.2) is 72.9 Å². The Bertz CT molecular complexity index is 3130. The summed E-state index contributed by atoms with van der Waals surface area (Å²) in [5, 5.41) is 12.5. The van der Waals surface area contributed by atoms with Gasteiger partial charge >= 0.3 is 12.3 Å². The molecule has 2 fully saturated rings. The number of aromatic nitrogens is 3. The second kappa shape index (κ2) is 24.2. The van der Waals surface area contributed by atoms with E-state index in [9.17, 15) is 41.9 Å². The average molecular weight is 1080 g/mol. The predicted molar refractivity (Wildman–Crippen MR) is 277 cm³/mol. The molecule has 0 aliphatic carbocycles. The van der Waals surface area contributed by atoms with Crippen LogP contribution in [0.25, 0.3) is 5.65 Å². The number of carbonyl (C=O) groups excluding carboxylic acids is 6. The molecule has 8 rings (SSSR count). The summed E-state index contributed by atoms with van der Waals surface area (Å²) in [4.78, 5) is 86.5. The standard InChI is InChI=1S/C54H57ClF3N9O10/c1-33-34(7-5-8-40(33)48(69)61-37-30-35(54(56,57)58)29-36(55)31-37)11-12-39-32-60-44-14-15-45(63-67(39)44)64-20-17-38(18-21-64)65(52(73)77-53(2,3)4)22-24-75-26-28-76-27-25-74-23-19-59-42-10-6-9-41-47(42)51(72)66(50(41)71)43-13-16-46(68)62-49(43)70/h5-10,14-15,29-32,38,43,59H,13,16-28H2,1-4H3,(H,61,69)(H,62,68,70). The Morgan fingerprint density at radius 2 is 1.58 bits per heavy atom. The van der Waals surface area contributed by atoms with Gasteiger partial charge in [-0.1, -0.05) is 29.7 Å². The Labute approximate surface area is 446 Å². The number of nitrogens with one attached hydrogen (secondary N) is 3. The van der Waals surface area contributed by atoms with Crippen LogP contribution in [0.3, 0.4) is 0 Å². The number of carbonyl (C=O) groups is 6. The van der Waals surface area contributed by atoms with Gasteiger partial charge in [0.25, 0.3) is 17.7 Å². The number of rotatable bonds is 18. The zero-order chi connectivity index (χ0) is 55.0. The monoisotopic (exact) mass is 1080 g/mol. The normalized spacial score (nSPS) is 16.0. The van der Waals surface area contributed by atoms with Crippen molar-refractivity contribution >= 4 is 70.1 Å². The summed E-state index contributed by atoms with van der Waals surface area (Å²) in [6.07, 6.45) is -2.12. The number of hydrogen-bond acceptors (Lipinski definition) is 14. The number of ether oxygens (including phenoxy) is 4. The van der Waals surface area contributed by atoms with Gasteiger partial charge in [0, 0.05) is 66.2 Å². The number of alkyl halides is 3. The van der Waals surface area contributed by atoms with Crippen molar-refractivity contribution in [1.29, 1.82) is 0 Å². The first-order valence-electron chi connectivity index (χ1n) is 25.0. The van der Waals surface area contributed by atoms with Crippen molar-refractivity contribution in [3.8, 4) is 11.8 Å². The van der Waals surface area contributed by atoms with Crippen molar-refractivity contribution in [2.75, 3.05) is 81.4 Å². The first kappa shape index (κ1) is 55.6. The third-order valence-electron chi connectivity index (χ3n) is 12.8. The minimum Gasteiger partial charge on any atom is -0.444 e. The Morgan fingerprint density at radius 1 is 0.870 bits per heavy atom. The van der Waals surface area contributed by atoms with Crippen LogP contribution >= 0.6 is 11.6 Å². The summed E-state index contributed by atoms with van der Waals surface area (Å²) in [7, 11) is 0. The molecule has 77 heavy (non-hydrogen) atoms. The Kier molecular flexibility index (Phi) is 17.5. The van der Waals surface area contributed by atoms with E-state index in [0.29, 0.717) is 86.2 Å². The van der Waals surface area contributed by atoms with E-state index in [4.69, 9.17) is 35.6 Å². The van der Waals surface area contributed by atoms with Crippen LogP contribution in [0, 0.1) is 18.8 Å². The number of benzene rings is 3. The maximum Gasteiger partial charge on any atom is 0.416 e. The third kappa shape index (κ3) is 13.7. The molecule has 5 aromatic rings. The van der Waals surface area contributed by atoms with Gasteiger partial charge < -0.3 is 39.4 Å². The maximum atomic E-state index is 13.5. The van der Waals surface area contributed by atoms with Gasteiger partial charge in [-0.2, -0.15) is 13.2 Å². The molecule has 3 aromatic carbocycles. The molecule has 1 unspecified atom stereocenters. The average Bonchev–Trinajstić information content (AvgIpc) is 4.04. The van der Waals surface area contributed by atoms with Gasteiger partial charge in [0.05, 0.1) is 62.5 Å². The molecule has 19 nitrogen and oxygen atoms in total. The molecule has 0 saturated carbocycles. The SMILES string of the molecule is Cc1c(C#Cc2cnc3ccc(N4CCC(N(CCOCCOCCOCCNc5cccc6c5C(=O)N(C5CCC(=O)NC5=O)C6=O)C(=O)OC(C)(C)C)CC4)nn23)cccc1C(=O)Nc1cc(Cl)cc(C(F)(F)F)c1. The molecule has 1 atom stereocenters. The van der Waals surface area contributed by atoms with Gasteiger partial charge in [-0.3, -0.25) is 34.2 Å². The lowest BCUT2D eigenvalue weighted by atomic mass is 10.0. The molecule has 3 aliphatic heterocycles. The highest BCUT2D eigenvalue weighted by Crippen LogP contribution is 2.35. The Morgan fingerprint density at radius 3 is 2.30 bits per heavy atom. The molecule has 2 aromatic heterocycles. The number of halogens is 4. The summed E-state index contributed by atoms with van der Waals surface area (Å²) >= 11 is 5.92. The zero-order valence-corrected chi connectivity index (χ0v) is 43.5. The lowest BCUT2D eigenvalue weighted by Gasteiger charge is -2.39. The van der Waals surface area contributed by atoms with Crippen LogP contribution in [0.2, 0.25) is 5.02 Å². The van der Waals surface area contributed by atoms with Gasteiger partial charge in [-0.15, -0.1) is 5.10 Å². The number of imidazole rings is 1. The zero-order valence-electron chi connectivity index (χ0n) is 42.8. The first-order valence-corrected chi connectivity index (χ1v) is 25.4. The van der Waals surface area contributed by atoms with Gasteiger partial charge in [-0.05, 0) is 113 Å². The quantitative estimate of drug-likeness (QED) is 0.0452. The summed E-state index contributed by atoms with van der Waals surface area (Å²) in [6.45, 7) is 10.6.